The van der Waals surface area contributed by atoms with Crippen molar-refractivity contribution in [3.8, 4) is 33.6 Å². The van der Waals surface area contributed by atoms with E-state index in [0.717, 1.165) is 39.5 Å². The molecule has 0 radical (unpaired) electrons. The second-order valence-corrected chi connectivity index (χ2v) is 14.7. The van der Waals surface area contributed by atoms with E-state index in [9.17, 15) is 14.7 Å². The van der Waals surface area contributed by atoms with E-state index < -0.39 is 5.92 Å². The van der Waals surface area contributed by atoms with Gasteiger partial charge < -0.3 is 20.0 Å². The van der Waals surface area contributed by atoms with Crippen LogP contribution in [0.2, 0.25) is 0 Å². The first-order valence-corrected chi connectivity index (χ1v) is 16.5. The van der Waals surface area contributed by atoms with Crippen molar-refractivity contribution < 1.29 is 14.7 Å². The van der Waals surface area contributed by atoms with Crippen molar-refractivity contribution in [1.82, 2.24) is 24.8 Å². The van der Waals surface area contributed by atoms with Crippen molar-refractivity contribution in [2.24, 2.45) is 34.7 Å². The standard InChI is InChI=1S/C39H50N6O3/c1-11-24(2)37(48)44-33(39(7,8)9)35-43-32(22-45(35)10)29-18-14-27(15-19-29)26-12-16-28(17-13-26)31-21-40-34(42-31)30(38(4,5)6)20-41-36(47)25(3)23-46/h11-19,21-22,24-25,30,46H,1,20,23H2,2-10H3,(H,40,42)(H,41,47)/t24?,25?,30-/m1/s1. The summed E-state index contributed by atoms with van der Waals surface area (Å²) in [4.78, 5) is 42.5. The van der Waals surface area contributed by atoms with Crippen molar-refractivity contribution >= 4 is 17.5 Å². The van der Waals surface area contributed by atoms with Crippen molar-refractivity contribution in [3.05, 3.63) is 85.2 Å². The highest BCUT2D eigenvalue weighted by Crippen LogP contribution is 2.35. The Bertz CT molecular complexity index is 1770. The van der Waals surface area contributed by atoms with Crippen molar-refractivity contribution in [2.75, 3.05) is 13.2 Å². The topological polar surface area (TPSA) is 125 Å². The van der Waals surface area contributed by atoms with Crippen LogP contribution in [0, 0.1) is 22.7 Å². The Balaban J connectivity index is 1.52. The van der Waals surface area contributed by atoms with E-state index in [1.54, 1.807) is 19.9 Å². The molecule has 3 N–H and O–H groups in total. The number of carbonyl (C=O) groups is 2. The number of nitrogens with one attached hydrogen (secondary N) is 2. The van der Waals surface area contributed by atoms with Crippen molar-refractivity contribution in [1.29, 1.82) is 0 Å². The summed E-state index contributed by atoms with van der Waals surface area (Å²) in [6.45, 7) is 19.9. The normalized spacial score (nSPS) is 14.3. The molecule has 0 aliphatic carbocycles. The molecule has 2 aromatic heterocycles. The highest BCUT2D eigenvalue weighted by molar-refractivity contribution is 6.08. The van der Waals surface area contributed by atoms with Gasteiger partial charge in [0, 0.05) is 36.7 Å². The van der Waals surface area contributed by atoms with Gasteiger partial charge in [0.15, 0.2) is 5.82 Å². The molecule has 9 heteroatoms. The zero-order valence-corrected chi connectivity index (χ0v) is 29.8. The third-order valence-electron chi connectivity index (χ3n) is 8.65. The molecule has 0 aliphatic rings. The predicted molar refractivity (Wildman–Crippen MR) is 193 cm³/mol. The maximum absolute atomic E-state index is 12.7. The lowest BCUT2D eigenvalue weighted by atomic mass is 9.80. The molecular formula is C39H50N6O3. The number of benzene rings is 2. The lowest BCUT2D eigenvalue weighted by Crippen LogP contribution is -2.37. The van der Waals surface area contributed by atoms with E-state index in [-0.39, 0.29) is 41.1 Å². The molecule has 0 aliphatic heterocycles. The van der Waals surface area contributed by atoms with Gasteiger partial charge in [-0.15, -0.1) is 6.58 Å². The van der Waals surface area contributed by atoms with Crippen LogP contribution in [-0.2, 0) is 16.6 Å². The maximum Gasteiger partial charge on any atom is 0.252 e. The summed E-state index contributed by atoms with van der Waals surface area (Å²) >= 11 is 0. The Hall–Kier alpha value is -4.63. The number of H-pyrrole nitrogens is 1. The first-order valence-electron chi connectivity index (χ1n) is 16.5. The largest absolute Gasteiger partial charge is 0.396 e. The zero-order valence-electron chi connectivity index (χ0n) is 29.8. The van der Waals surface area contributed by atoms with E-state index in [1.807, 2.05) is 44.8 Å². The fraction of sp³-hybridized carbons (Fsp3) is 0.410. The third kappa shape index (κ3) is 8.44. The van der Waals surface area contributed by atoms with E-state index in [1.165, 1.54) is 0 Å². The van der Waals surface area contributed by atoms with Crippen LogP contribution < -0.4 is 5.32 Å². The molecule has 2 aromatic carbocycles. The highest BCUT2D eigenvalue weighted by atomic mass is 16.3. The van der Waals surface area contributed by atoms with Gasteiger partial charge in [-0.3, -0.25) is 9.59 Å². The Morgan fingerprint density at radius 3 is 2.06 bits per heavy atom. The number of aliphatic hydroxyl groups is 1. The number of aliphatic imine (C=N–C) groups is 1. The Labute approximate surface area is 284 Å². The van der Waals surface area contributed by atoms with Crippen molar-refractivity contribution in [3.63, 3.8) is 0 Å². The summed E-state index contributed by atoms with van der Waals surface area (Å²) in [5, 5.41) is 12.3. The first-order chi connectivity index (χ1) is 22.5. The molecule has 254 valence electrons. The highest BCUT2D eigenvalue weighted by Gasteiger charge is 2.30. The fourth-order valence-corrected chi connectivity index (χ4v) is 5.30. The SMILES string of the molecule is C=CC(C)C(=O)N=C(c1nc(-c2ccc(-c3ccc(-c4cnc([C@@H](CNC(=O)C(C)CO)C(C)(C)C)[nH]4)cc3)cc2)cn1C)C(C)(C)C. The molecule has 4 rings (SSSR count). The molecule has 48 heavy (non-hydrogen) atoms. The molecule has 9 nitrogen and oxygen atoms in total. The lowest BCUT2D eigenvalue weighted by Gasteiger charge is -2.29. The van der Waals surface area contributed by atoms with Gasteiger partial charge in [-0.1, -0.05) is 110 Å². The summed E-state index contributed by atoms with van der Waals surface area (Å²) in [6, 6.07) is 16.6. The smallest absolute Gasteiger partial charge is 0.252 e. The number of aliphatic hydroxyl groups excluding tert-OH is 1. The number of rotatable bonds is 11. The lowest BCUT2D eigenvalue weighted by molar-refractivity contribution is -0.125. The second kappa shape index (κ2) is 14.6. The minimum absolute atomic E-state index is 0.0372. The molecule has 0 saturated carbocycles. The summed E-state index contributed by atoms with van der Waals surface area (Å²) in [5.41, 5.74) is 5.96. The number of hydrogen-bond acceptors (Lipinski definition) is 5. The van der Waals surface area contributed by atoms with Crippen LogP contribution in [0.1, 0.15) is 73.0 Å². The third-order valence-corrected chi connectivity index (χ3v) is 8.65. The van der Waals surface area contributed by atoms with Gasteiger partial charge >= 0.3 is 0 Å². The van der Waals surface area contributed by atoms with E-state index in [4.69, 9.17) is 4.98 Å². The average Bonchev–Trinajstić information content (AvgIpc) is 3.68. The number of aromatic amines is 1. The van der Waals surface area contributed by atoms with Crippen LogP contribution in [0.15, 0.2) is 78.6 Å². The number of nitrogens with zero attached hydrogens (tertiary/aromatic N) is 4. The minimum atomic E-state index is -0.452. The molecule has 2 heterocycles. The average molecular weight is 651 g/mol. The molecule has 0 spiro atoms. The molecule has 3 atom stereocenters. The second-order valence-electron chi connectivity index (χ2n) is 14.7. The van der Waals surface area contributed by atoms with Crippen LogP contribution in [0.3, 0.4) is 0 Å². The van der Waals surface area contributed by atoms with Gasteiger partial charge in [0.25, 0.3) is 5.91 Å². The van der Waals surface area contributed by atoms with E-state index in [0.29, 0.717) is 18.1 Å². The summed E-state index contributed by atoms with van der Waals surface area (Å²) in [6.07, 6.45) is 5.41. The van der Waals surface area contributed by atoms with Gasteiger partial charge in [0.05, 0.1) is 41.7 Å². The van der Waals surface area contributed by atoms with Gasteiger partial charge in [0.2, 0.25) is 5.91 Å². The Kier molecular flexibility index (Phi) is 11.0. The van der Waals surface area contributed by atoms with Crippen molar-refractivity contribution in [2.45, 2.75) is 61.3 Å². The predicted octanol–water partition coefficient (Wildman–Crippen LogP) is 7.20. The number of hydrogen-bond donors (Lipinski definition) is 3. The Morgan fingerprint density at radius 1 is 0.979 bits per heavy atom. The molecule has 0 saturated heterocycles. The summed E-state index contributed by atoms with van der Waals surface area (Å²) in [5.74, 6) is 0.222. The first kappa shape index (κ1) is 36.2. The maximum atomic E-state index is 12.7. The van der Waals surface area contributed by atoms with Gasteiger partial charge in [0.1, 0.15) is 5.82 Å². The summed E-state index contributed by atoms with van der Waals surface area (Å²) in [7, 11) is 1.92. The molecular weight excluding hydrogens is 600 g/mol. The number of amides is 2. The molecule has 2 unspecified atom stereocenters. The van der Waals surface area contributed by atoms with Crippen LogP contribution in [0.5, 0.6) is 0 Å². The van der Waals surface area contributed by atoms with Gasteiger partial charge in [-0.2, -0.15) is 0 Å². The number of aryl methyl sites for hydroxylation is 1. The van der Waals surface area contributed by atoms with E-state index >= 15 is 0 Å². The monoisotopic (exact) mass is 650 g/mol. The van der Waals surface area contributed by atoms with Crippen LogP contribution in [0.4, 0.5) is 0 Å². The Morgan fingerprint density at radius 2 is 1.54 bits per heavy atom. The van der Waals surface area contributed by atoms with Gasteiger partial charge in [-0.05, 0) is 22.1 Å². The van der Waals surface area contributed by atoms with Crippen LogP contribution in [-0.4, -0.2) is 55.3 Å². The molecule has 0 fully saturated rings. The quantitative estimate of drug-likeness (QED) is 0.117. The van der Waals surface area contributed by atoms with E-state index in [2.05, 4.69) is 96.2 Å². The number of carbonyl (C=O) groups excluding carboxylic acids is 2. The van der Waals surface area contributed by atoms with Crippen LogP contribution in [0.25, 0.3) is 33.6 Å². The van der Waals surface area contributed by atoms with Crippen LogP contribution >= 0.6 is 0 Å². The molecule has 0 bridgehead atoms. The minimum Gasteiger partial charge on any atom is -0.396 e. The number of aromatic nitrogens is 4. The van der Waals surface area contributed by atoms with Gasteiger partial charge in [-0.25, -0.2) is 15.0 Å². The zero-order chi connectivity index (χ0) is 35.4. The molecule has 4 aromatic rings. The fourth-order valence-electron chi connectivity index (χ4n) is 5.30. The number of imidazole rings is 2. The summed E-state index contributed by atoms with van der Waals surface area (Å²) < 4.78 is 1.93. The molecule has 2 amide bonds.